The second-order valence-corrected chi connectivity index (χ2v) is 6.85. The third-order valence-electron chi connectivity index (χ3n) is 3.96. The van der Waals surface area contributed by atoms with E-state index in [9.17, 15) is 18.4 Å². The Balaban J connectivity index is 2.12. The van der Waals surface area contributed by atoms with Gasteiger partial charge in [0.2, 0.25) is 12.1 Å². The number of hydrogen-bond donors (Lipinski definition) is 0. The summed E-state index contributed by atoms with van der Waals surface area (Å²) < 4.78 is 34.9. The van der Waals surface area contributed by atoms with Crippen LogP contribution in [0.3, 0.4) is 0 Å². The van der Waals surface area contributed by atoms with E-state index in [0.717, 1.165) is 10.7 Å². The lowest BCUT2D eigenvalue weighted by Crippen LogP contribution is -2.69. The van der Waals surface area contributed by atoms with Crippen LogP contribution < -0.4 is 0 Å². The maximum absolute atomic E-state index is 14.4. The molecule has 0 saturated carbocycles. The summed E-state index contributed by atoms with van der Waals surface area (Å²) in [5.41, 5.74) is -2.02. The second-order valence-electron chi connectivity index (χ2n) is 6.85. The topological polar surface area (TPSA) is 49.6 Å². The smallest absolute Gasteiger partial charge is 0.406 e. The van der Waals surface area contributed by atoms with E-state index in [2.05, 4.69) is 6.58 Å². The molecule has 0 unspecified atom stereocenters. The summed E-state index contributed by atoms with van der Waals surface area (Å²) in [7, 11) is 0. The van der Waals surface area contributed by atoms with Crippen LogP contribution in [0.15, 0.2) is 12.7 Å². The van der Waals surface area contributed by atoms with Crippen molar-refractivity contribution in [1.82, 2.24) is 4.90 Å². The van der Waals surface area contributed by atoms with Crippen molar-refractivity contribution in [1.29, 1.82) is 0 Å². The third-order valence-corrected chi connectivity index (χ3v) is 3.96. The number of carbonyl (C=O) groups is 2. The summed E-state index contributed by atoms with van der Waals surface area (Å²) in [5, 5.41) is 0. The molecule has 2 rings (SSSR count). The predicted octanol–water partition coefficient (Wildman–Crippen LogP) is 2.06. The highest BCUT2D eigenvalue weighted by atomic mass is 19.3. The number of nitrogens with zero attached hydrogens (tertiary/aromatic N) is 2. The molecule has 122 valence electrons. The molecule has 0 aromatic heterocycles. The minimum Gasteiger partial charge on any atom is -0.406 e. The van der Waals surface area contributed by atoms with Gasteiger partial charge in [-0.25, -0.2) is 0 Å². The second kappa shape index (κ2) is 5.14. The molecule has 0 radical (unpaired) electrons. The Morgan fingerprint density at radius 1 is 1.36 bits per heavy atom. The van der Waals surface area contributed by atoms with Crippen molar-refractivity contribution >= 4 is 18.2 Å². The summed E-state index contributed by atoms with van der Waals surface area (Å²) in [6.07, 6.45) is 1.10. The molecule has 0 aromatic carbocycles. The Morgan fingerprint density at radius 3 is 2.41 bits per heavy atom. The van der Waals surface area contributed by atoms with Gasteiger partial charge in [-0.1, -0.05) is 6.58 Å². The average molecular weight is 315 g/mol. The van der Waals surface area contributed by atoms with Gasteiger partial charge < -0.3 is 9.64 Å². The van der Waals surface area contributed by atoms with Crippen LogP contribution in [-0.2, 0) is 9.53 Å². The Bertz CT molecular complexity index is 543. The Morgan fingerprint density at radius 2 is 1.95 bits per heavy atom. The number of hydrogen-bond acceptors (Lipinski definition) is 3. The van der Waals surface area contributed by atoms with Crippen molar-refractivity contribution < 1.29 is 27.7 Å². The van der Waals surface area contributed by atoms with Crippen LogP contribution in [0.1, 0.15) is 27.2 Å². The molecule has 5 nitrogen and oxygen atoms in total. The highest BCUT2D eigenvalue weighted by Gasteiger charge is 2.65. The van der Waals surface area contributed by atoms with E-state index >= 15 is 0 Å². The fourth-order valence-electron chi connectivity index (χ4n) is 2.70. The van der Waals surface area contributed by atoms with E-state index in [1.807, 2.05) is 0 Å². The van der Waals surface area contributed by atoms with Gasteiger partial charge in [0.05, 0.1) is 5.41 Å². The van der Waals surface area contributed by atoms with Crippen molar-refractivity contribution in [2.75, 3.05) is 19.6 Å². The number of rotatable bonds is 1. The van der Waals surface area contributed by atoms with Gasteiger partial charge in [0, 0.05) is 19.5 Å². The van der Waals surface area contributed by atoms with Crippen molar-refractivity contribution in [3.8, 4) is 0 Å². The molecular weight excluding hydrogens is 294 g/mol. The Kier molecular flexibility index (Phi) is 3.87. The lowest BCUT2D eigenvalue weighted by atomic mass is 9.70. The van der Waals surface area contributed by atoms with Crippen molar-refractivity contribution in [2.24, 2.45) is 5.41 Å². The molecule has 1 saturated heterocycles. The van der Waals surface area contributed by atoms with E-state index in [0.29, 0.717) is 6.21 Å². The number of halogens is 2. The molecule has 2 heterocycles. The number of likely N-dealkylation sites (tertiary alicyclic amines) is 1. The fraction of sp³-hybridized carbons (Fsp3) is 0.667. The Hall–Kier alpha value is -1.79. The summed E-state index contributed by atoms with van der Waals surface area (Å²) >= 11 is 0. The maximum Gasteiger partial charge on any atom is 0.596 e. The van der Waals surface area contributed by atoms with Crippen molar-refractivity contribution in [3.63, 3.8) is 0 Å². The first-order valence-electron chi connectivity index (χ1n) is 7.14. The van der Waals surface area contributed by atoms with Gasteiger partial charge in [0.25, 0.3) is 0 Å². The van der Waals surface area contributed by atoms with Crippen LogP contribution in [0.2, 0.25) is 0 Å². The molecule has 0 bridgehead atoms. The largest absolute Gasteiger partial charge is 0.596 e. The number of ether oxygens (including phenoxy) is 1. The van der Waals surface area contributed by atoms with Crippen LogP contribution in [0.4, 0.5) is 13.6 Å². The predicted molar refractivity (Wildman–Crippen MR) is 76.2 cm³/mol. The van der Waals surface area contributed by atoms with E-state index < -0.39 is 23.0 Å². The van der Waals surface area contributed by atoms with E-state index in [-0.39, 0.29) is 32.0 Å². The van der Waals surface area contributed by atoms with Gasteiger partial charge in [0.1, 0.15) is 5.60 Å². The van der Waals surface area contributed by atoms with Gasteiger partial charge in [0.15, 0.2) is 6.54 Å². The quantitative estimate of drug-likeness (QED) is 0.550. The van der Waals surface area contributed by atoms with Gasteiger partial charge >= 0.3 is 12.0 Å². The molecule has 2 aliphatic rings. The van der Waals surface area contributed by atoms with Gasteiger partial charge in [-0.3, -0.25) is 4.79 Å². The van der Waals surface area contributed by atoms with Crippen LogP contribution in [-0.4, -0.2) is 58.8 Å². The number of alkyl halides is 2. The zero-order valence-corrected chi connectivity index (χ0v) is 13.1. The maximum atomic E-state index is 14.4. The minimum atomic E-state index is -3.17. The first-order chi connectivity index (χ1) is 10.00. The third kappa shape index (κ3) is 2.89. The zero-order chi connectivity index (χ0) is 16.8. The molecule has 0 aromatic rings. The van der Waals surface area contributed by atoms with E-state index in [1.165, 1.54) is 4.90 Å². The molecular formula is C15H21F2N2O3+. The zero-order valence-electron chi connectivity index (χ0n) is 13.1. The molecule has 0 atom stereocenters. The summed E-state index contributed by atoms with van der Waals surface area (Å²) in [6, 6.07) is 0. The monoisotopic (exact) mass is 315 g/mol. The van der Waals surface area contributed by atoms with Crippen molar-refractivity contribution in [3.05, 3.63) is 12.7 Å². The molecule has 22 heavy (non-hydrogen) atoms. The highest BCUT2D eigenvalue weighted by molar-refractivity contribution is 5.88. The highest BCUT2D eigenvalue weighted by Crippen LogP contribution is 2.48. The SMILES string of the molecule is C=CC(=O)N1CC2(CC[N+](C(=O)OC(C)(C)C)=CC2(F)F)C1. The molecule has 1 spiro atoms. The average Bonchev–Trinajstić information content (AvgIpc) is 2.32. The van der Waals surface area contributed by atoms with Gasteiger partial charge in [-0.05, 0) is 26.8 Å². The van der Waals surface area contributed by atoms with Gasteiger partial charge in [-0.2, -0.15) is 13.6 Å². The minimum absolute atomic E-state index is 0.0243. The lowest BCUT2D eigenvalue weighted by Gasteiger charge is -2.52. The normalized spacial score (nSPS) is 22.6. The van der Waals surface area contributed by atoms with Gasteiger partial charge in [-0.15, -0.1) is 4.58 Å². The summed E-state index contributed by atoms with van der Waals surface area (Å²) in [5.74, 6) is -3.52. The standard InChI is InChI=1S/C15H21F2N2O3/c1-5-11(20)19-8-14(9-19)6-7-18(10-15(14,16)17)12(21)22-13(2,3)4/h5,10H,1,6-9H2,2-4H3/q+1. The lowest BCUT2D eigenvalue weighted by molar-refractivity contribution is -0.470. The molecule has 7 heteroatoms. The molecule has 2 aliphatic heterocycles. The molecule has 1 fully saturated rings. The molecule has 2 amide bonds. The summed E-state index contributed by atoms with van der Waals surface area (Å²) in [4.78, 5) is 24.7. The van der Waals surface area contributed by atoms with E-state index in [1.54, 1.807) is 20.8 Å². The Labute approximate surface area is 128 Å². The molecule has 0 aliphatic carbocycles. The first-order valence-corrected chi connectivity index (χ1v) is 7.14. The van der Waals surface area contributed by atoms with Crippen LogP contribution in [0.5, 0.6) is 0 Å². The van der Waals surface area contributed by atoms with E-state index in [4.69, 9.17) is 4.74 Å². The van der Waals surface area contributed by atoms with Crippen LogP contribution in [0.25, 0.3) is 0 Å². The van der Waals surface area contributed by atoms with Crippen molar-refractivity contribution in [2.45, 2.75) is 38.7 Å². The first kappa shape index (κ1) is 16.6. The summed E-state index contributed by atoms with van der Waals surface area (Å²) in [6.45, 7) is 8.49. The molecule has 0 N–H and O–H groups in total. The number of carbonyl (C=O) groups excluding carboxylic acids is 2. The van der Waals surface area contributed by atoms with Crippen LogP contribution >= 0.6 is 0 Å². The van der Waals surface area contributed by atoms with Crippen LogP contribution in [0, 0.1) is 5.41 Å². The fourth-order valence-corrected chi connectivity index (χ4v) is 2.70. The number of amides is 2.